The van der Waals surface area contributed by atoms with Crippen molar-refractivity contribution in [3.63, 3.8) is 0 Å². The standard InChI is InChI=1S/C11H12F2N4/c1-3-8-11(14)15-16-17(8)10-7(12)5-4-6(2)9(10)13/h4-5H,3,14H2,1-2H3. The fraction of sp³-hybridized carbons (Fsp3) is 0.273. The third-order valence-electron chi connectivity index (χ3n) is 2.60. The number of halogens is 2. The number of nitrogens with zero attached hydrogens (tertiary/aromatic N) is 3. The van der Waals surface area contributed by atoms with E-state index in [0.29, 0.717) is 17.7 Å². The van der Waals surface area contributed by atoms with Crippen LogP contribution in [0.4, 0.5) is 14.6 Å². The summed E-state index contributed by atoms with van der Waals surface area (Å²) in [6, 6.07) is 2.57. The molecule has 2 N–H and O–H groups in total. The zero-order valence-corrected chi connectivity index (χ0v) is 9.54. The van der Waals surface area contributed by atoms with Gasteiger partial charge >= 0.3 is 0 Å². The van der Waals surface area contributed by atoms with Crippen molar-refractivity contribution >= 4 is 5.82 Å². The lowest BCUT2D eigenvalue weighted by Gasteiger charge is -2.09. The predicted molar refractivity (Wildman–Crippen MR) is 59.8 cm³/mol. The van der Waals surface area contributed by atoms with Crippen molar-refractivity contribution in [3.05, 3.63) is 35.0 Å². The second-order valence-corrected chi connectivity index (χ2v) is 3.71. The summed E-state index contributed by atoms with van der Waals surface area (Å²) in [4.78, 5) is 0. The van der Waals surface area contributed by atoms with Crippen molar-refractivity contribution in [2.75, 3.05) is 5.73 Å². The first-order valence-corrected chi connectivity index (χ1v) is 5.21. The molecule has 0 saturated carbocycles. The first kappa shape index (κ1) is 11.5. The lowest BCUT2D eigenvalue weighted by atomic mass is 10.2. The van der Waals surface area contributed by atoms with Gasteiger partial charge in [-0.3, -0.25) is 0 Å². The van der Waals surface area contributed by atoms with Crippen LogP contribution in [0.2, 0.25) is 0 Å². The number of rotatable bonds is 2. The van der Waals surface area contributed by atoms with E-state index in [1.807, 2.05) is 6.92 Å². The van der Waals surface area contributed by atoms with Gasteiger partial charge in [-0.2, -0.15) is 0 Å². The molecule has 0 amide bonds. The molecule has 1 heterocycles. The summed E-state index contributed by atoms with van der Waals surface area (Å²) in [5.41, 5.74) is 6.20. The molecule has 0 aliphatic rings. The van der Waals surface area contributed by atoms with Crippen LogP contribution in [-0.4, -0.2) is 15.0 Å². The minimum atomic E-state index is -0.687. The van der Waals surface area contributed by atoms with Crippen LogP contribution in [0, 0.1) is 18.6 Å². The molecule has 0 fully saturated rings. The molecule has 0 aliphatic heterocycles. The number of hydrogen-bond acceptors (Lipinski definition) is 3. The van der Waals surface area contributed by atoms with Crippen LogP contribution in [0.25, 0.3) is 5.69 Å². The van der Waals surface area contributed by atoms with Gasteiger partial charge in [0.25, 0.3) is 0 Å². The average molecular weight is 238 g/mol. The molecule has 6 heteroatoms. The Morgan fingerprint density at radius 1 is 1.35 bits per heavy atom. The molecule has 0 radical (unpaired) electrons. The van der Waals surface area contributed by atoms with E-state index >= 15 is 0 Å². The van der Waals surface area contributed by atoms with Gasteiger partial charge in [0.15, 0.2) is 17.5 Å². The van der Waals surface area contributed by atoms with Crippen molar-refractivity contribution in [2.24, 2.45) is 0 Å². The first-order valence-electron chi connectivity index (χ1n) is 5.21. The maximum atomic E-state index is 13.9. The highest BCUT2D eigenvalue weighted by Gasteiger charge is 2.18. The fourth-order valence-corrected chi connectivity index (χ4v) is 1.66. The van der Waals surface area contributed by atoms with Crippen LogP contribution in [-0.2, 0) is 6.42 Å². The van der Waals surface area contributed by atoms with Crippen LogP contribution >= 0.6 is 0 Å². The largest absolute Gasteiger partial charge is 0.381 e. The van der Waals surface area contributed by atoms with Crippen molar-refractivity contribution < 1.29 is 8.78 Å². The van der Waals surface area contributed by atoms with E-state index < -0.39 is 11.6 Å². The summed E-state index contributed by atoms with van der Waals surface area (Å²) in [5, 5.41) is 7.31. The van der Waals surface area contributed by atoms with Gasteiger partial charge in [-0.25, -0.2) is 13.5 Å². The Bertz CT molecular complexity index is 563. The SMILES string of the molecule is CCc1c(N)nnn1-c1c(F)ccc(C)c1F. The number of benzene rings is 1. The molecule has 0 spiro atoms. The molecule has 0 aliphatic carbocycles. The summed E-state index contributed by atoms with van der Waals surface area (Å²) in [7, 11) is 0. The molecule has 0 atom stereocenters. The smallest absolute Gasteiger partial charge is 0.169 e. The summed E-state index contributed by atoms with van der Waals surface area (Å²) >= 11 is 0. The maximum absolute atomic E-state index is 13.9. The molecule has 0 saturated heterocycles. The Labute approximate surface area is 97.0 Å². The molecule has 4 nitrogen and oxygen atoms in total. The second kappa shape index (κ2) is 4.12. The van der Waals surface area contributed by atoms with Crippen LogP contribution < -0.4 is 5.73 Å². The summed E-state index contributed by atoms with van der Waals surface area (Å²) in [6.45, 7) is 3.38. The Balaban J connectivity index is 2.72. The van der Waals surface area contributed by atoms with Gasteiger partial charge in [0.05, 0.1) is 5.69 Å². The van der Waals surface area contributed by atoms with Gasteiger partial charge in [-0.05, 0) is 25.0 Å². The summed E-state index contributed by atoms with van der Waals surface area (Å²) in [5.74, 6) is -1.15. The monoisotopic (exact) mass is 238 g/mol. The quantitative estimate of drug-likeness (QED) is 0.870. The molecule has 1 aromatic heterocycles. The molecule has 0 unspecified atom stereocenters. The third kappa shape index (κ3) is 1.75. The van der Waals surface area contributed by atoms with E-state index in [9.17, 15) is 8.78 Å². The van der Waals surface area contributed by atoms with Crippen molar-refractivity contribution in [1.29, 1.82) is 0 Å². The first-order chi connectivity index (χ1) is 8.06. The van der Waals surface area contributed by atoms with Gasteiger partial charge in [-0.1, -0.05) is 18.2 Å². The van der Waals surface area contributed by atoms with Gasteiger partial charge in [0.2, 0.25) is 0 Å². The molecule has 90 valence electrons. The van der Waals surface area contributed by atoms with Gasteiger partial charge in [-0.15, -0.1) is 5.10 Å². The van der Waals surface area contributed by atoms with Gasteiger partial charge in [0, 0.05) is 0 Å². The topological polar surface area (TPSA) is 56.7 Å². The normalized spacial score (nSPS) is 10.8. The van der Waals surface area contributed by atoms with Crippen molar-refractivity contribution in [1.82, 2.24) is 15.0 Å². The van der Waals surface area contributed by atoms with Gasteiger partial charge < -0.3 is 5.73 Å². The van der Waals surface area contributed by atoms with Crippen LogP contribution in [0.3, 0.4) is 0 Å². The summed E-state index contributed by atoms with van der Waals surface area (Å²) in [6.07, 6.45) is 0.492. The van der Waals surface area contributed by atoms with Crippen molar-refractivity contribution in [2.45, 2.75) is 20.3 Å². The Hall–Kier alpha value is -1.98. The van der Waals surface area contributed by atoms with E-state index in [0.717, 1.165) is 4.68 Å². The zero-order chi connectivity index (χ0) is 12.6. The highest BCUT2D eigenvalue weighted by atomic mass is 19.1. The van der Waals surface area contributed by atoms with Crippen LogP contribution in [0.15, 0.2) is 12.1 Å². The summed E-state index contributed by atoms with van der Waals surface area (Å²) < 4.78 is 28.7. The average Bonchev–Trinajstić information content (AvgIpc) is 2.66. The minimum Gasteiger partial charge on any atom is -0.381 e. The van der Waals surface area contributed by atoms with Crippen LogP contribution in [0.1, 0.15) is 18.2 Å². The molecule has 1 aromatic carbocycles. The second-order valence-electron chi connectivity index (χ2n) is 3.71. The van der Waals surface area contributed by atoms with Crippen LogP contribution in [0.5, 0.6) is 0 Å². The molecular weight excluding hydrogens is 226 g/mol. The Morgan fingerprint density at radius 2 is 2.06 bits per heavy atom. The number of hydrogen-bond donors (Lipinski definition) is 1. The Kier molecular flexibility index (Phi) is 2.79. The van der Waals surface area contributed by atoms with E-state index in [2.05, 4.69) is 10.3 Å². The van der Waals surface area contributed by atoms with E-state index in [1.54, 1.807) is 6.92 Å². The zero-order valence-electron chi connectivity index (χ0n) is 9.54. The van der Waals surface area contributed by atoms with E-state index in [4.69, 9.17) is 5.73 Å². The molecule has 17 heavy (non-hydrogen) atoms. The Morgan fingerprint density at radius 3 is 2.71 bits per heavy atom. The predicted octanol–water partition coefficient (Wildman–Crippen LogP) is 2.00. The molecule has 2 aromatic rings. The maximum Gasteiger partial charge on any atom is 0.169 e. The number of nitrogens with two attached hydrogens (primary N) is 1. The van der Waals surface area contributed by atoms with Gasteiger partial charge in [0.1, 0.15) is 5.69 Å². The lowest BCUT2D eigenvalue weighted by molar-refractivity contribution is 0.547. The number of anilines is 1. The van der Waals surface area contributed by atoms with Crippen molar-refractivity contribution in [3.8, 4) is 5.69 Å². The highest BCUT2D eigenvalue weighted by Crippen LogP contribution is 2.23. The number of aromatic nitrogens is 3. The molecule has 0 bridgehead atoms. The van der Waals surface area contributed by atoms with E-state index in [1.165, 1.54) is 12.1 Å². The number of aryl methyl sites for hydroxylation is 1. The number of nitrogen functional groups attached to an aromatic ring is 1. The third-order valence-corrected chi connectivity index (χ3v) is 2.60. The minimum absolute atomic E-state index is 0.188. The van der Waals surface area contributed by atoms with E-state index in [-0.39, 0.29) is 11.5 Å². The lowest BCUT2D eigenvalue weighted by Crippen LogP contribution is -2.08. The molecule has 2 rings (SSSR count). The molecular formula is C11H12F2N4. The fourth-order valence-electron chi connectivity index (χ4n) is 1.66. The highest BCUT2D eigenvalue weighted by molar-refractivity contribution is 5.44.